The molecule has 0 radical (unpaired) electrons. The Balaban J connectivity index is 1.51. The molecule has 0 saturated heterocycles. The SMILES string of the molecule is CCOc1ccc(Oc2cc(CNC(=O)COc3ccc(C)cc3OC)ccn2)cc1. The molecular formula is C24H26N2O5. The molecule has 1 aromatic heterocycles. The lowest BCUT2D eigenvalue weighted by Crippen LogP contribution is -2.28. The summed E-state index contributed by atoms with van der Waals surface area (Å²) in [6.45, 7) is 4.72. The Kier molecular flexibility index (Phi) is 7.70. The summed E-state index contributed by atoms with van der Waals surface area (Å²) in [5.41, 5.74) is 1.91. The van der Waals surface area contributed by atoms with Gasteiger partial charge in [0, 0.05) is 18.8 Å². The average molecular weight is 422 g/mol. The van der Waals surface area contributed by atoms with E-state index in [0.717, 1.165) is 16.9 Å². The largest absolute Gasteiger partial charge is 0.494 e. The summed E-state index contributed by atoms with van der Waals surface area (Å²) in [5.74, 6) is 2.75. The topological polar surface area (TPSA) is 78.9 Å². The Morgan fingerprint density at radius 3 is 2.48 bits per heavy atom. The van der Waals surface area contributed by atoms with E-state index in [9.17, 15) is 4.79 Å². The fraction of sp³-hybridized carbons (Fsp3) is 0.250. The fourth-order valence-electron chi connectivity index (χ4n) is 2.80. The number of hydrogen-bond donors (Lipinski definition) is 1. The summed E-state index contributed by atoms with van der Waals surface area (Å²) in [6, 6.07) is 16.5. The minimum atomic E-state index is -0.242. The van der Waals surface area contributed by atoms with Gasteiger partial charge in [-0.15, -0.1) is 0 Å². The van der Waals surface area contributed by atoms with E-state index in [4.69, 9.17) is 18.9 Å². The number of nitrogens with zero attached hydrogens (tertiary/aromatic N) is 1. The summed E-state index contributed by atoms with van der Waals surface area (Å²) in [7, 11) is 1.57. The molecule has 1 heterocycles. The van der Waals surface area contributed by atoms with Gasteiger partial charge in [-0.2, -0.15) is 0 Å². The second-order valence-electron chi connectivity index (χ2n) is 6.73. The van der Waals surface area contributed by atoms with Gasteiger partial charge in [0.2, 0.25) is 5.88 Å². The first-order chi connectivity index (χ1) is 15.1. The quantitative estimate of drug-likeness (QED) is 0.525. The van der Waals surface area contributed by atoms with Gasteiger partial charge in [0.1, 0.15) is 11.5 Å². The van der Waals surface area contributed by atoms with Crippen LogP contribution in [0, 0.1) is 6.92 Å². The Bertz CT molecular complexity index is 1010. The number of methoxy groups -OCH3 is 1. The molecule has 0 spiro atoms. The predicted molar refractivity (Wildman–Crippen MR) is 117 cm³/mol. The molecule has 0 fully saturated rings. The van der Waals surface area contributed by atoms with E-state index in [0.29, 0.717) is 36.3 Å². The predicted octanol–water partition coefficient (Wildman–Crippen LogP) is 4.28. The zero-order valence-electron chi connectivity index (χ0n) is 17.9. The van der Waals surface area contributed by atoms with Crippen LogP contribution in [-0.2, 0) is 11.3 Å². The van der Waals surface area contributed by atoms with Crippen molar-refractivity contribution in [2.24, 2.45) is 0 Å². The van der Waals surface area contributed by atoms with Crippen molar-refractivity contribution >= 4 is 5.91 Å². The van der Waals surface area contributed by atoms with E-state index in [1.807, 2.05) is 56.3 Å². The van der Waals surface area contributed by atoms with E-state index in [2.05, 4.69) is 10.3 Å². The third-order valence-corrected chi connectivity index (χ3v) is 4.32. The van der Waals surface area contributed by atoms with Gasteiger partial charge in [-0.05, 0) is 67.4 Å². The maximum atomic E-state index is 12.2. The molecule has 0 unspecified atom stereocenters. The third-order valence-electron chi connectivity index (χ3n) is 4.32. The fourth-order valence-corrected chi connectivity index (χ4v) is 2.80. The van der Waals surface area contributed by atoms with Crippen molar-refractivity contribution in [3.63, 3.8) is 0 Å². The lowest BCUT2D eigenvalue weighted by atomic mass is 10.2. The molecule has 162 valence electrons. The van der Waals surface area contributed by atoms with Gasteiger partial charge in [0.05, 0.1) is 13.7 Å². The third kappa shape index (κ3) is 6.64. The summed E-state index contributed by atoms with van der Waals surface area (Å²) >= 11 is 0. The smallest absolute Gasteiger partial charge is 0.258 e. The van der Waals surface area contributed by atoms with E-state index < -0.39 is 0 Å². The molecule has 0 aliphatic carbocycles. The minimum Gasteiger partial charge on any atom is -0.494 e. The molecule has 0 bridgehead atoms. The number of carbonyl (C=O) groups is 1. The van der Waals surface area contributed by atoms with Gasteiger partial charge < -0.3 is 24.3 Å². The maximum absolute atomic E-state index is 12.2. The number of carbonyl (C=O) groups excluding carboxylic acids is 1. The average Bonchev–Trinajstić information content (AvgIpc) is 2.78. The van der Waals surface area contributed by atoms with E-state index in [1.54, 1.807) is 25.4 Å². The minimum absolute atomic E-state index is 0.111. The van der Waals surface area contributed by atoms with Gasteiger partial charge in [0.15, 0.2) is 18.1 Å². The number of aromatic nitrogens is 1. The molecule has 0 saturated carbocycles. The zero-order valence-corrected chi connectivity index (χ0v) is 17.9. The summed E-state index contributed by atoms with van der Waals surface area (Å²) in [4.78, 5) is 16.4. The van der Waals surface area contributed by atoms with Crippen LogP contribution < -0.4 is 24.3 Å². The highest BCUT2D eigenvalue weighted by atomic mass is 16.5. The number of benzene rings is 2. The molecule has 0 aliphatic rings. The summed E-state index contributed by atoms with van der Waals surface area (Å²) < 4.78 is 22.1. The van der Waals surface area contributed by atoms with E-state index >= 15 is 0 Å². The van der Waals surface area contributed by atoms with Crippen molar-refractivity contribution in [3.05, 3.63) is 71.9 Å². The van der Waals surface area contributed by atoms with Crippen molar-refractivity contribution in [2.75, 3.05) is 20.3 Å². The van der Waals surface area contributed by atoms with Gasteiger partial charge >= 0.3 is 0 Å². The Morgan fingerprint density at radius 2 is 1.74 bits per heavy atom. The molecule has 7 heteroatoms. The molecule has 2 aromatic carbocycles. The molecule has 7 nitrogen and oxygen atoms in total. The molecule has 1 N–H and O–H groups in total. The first-order valence-corrected chi connectivity index (χ1v) is 9.97. The Labute approximate surface area is 181 Å². The van der Waals surface area contributed by atoms with Crippen LogP contribution in [0.2, 0.25) is 0 Å². The summed E-state index contributed by atoms with van der Waals surface area (Å²) in [5, 5.41) is 2.83. The van der Waals surface area contributed by atoms with Crippen LogP contribution in [0.25, 0.3) is 0 Å². The second kappa shape index (κ2) is 10.9. The number of ether oxygens (including phenoxy) is 4. The Hall–Kier alpha value is -3.74. The maximum Gasteiger partial charge on any atom is 0.258 e. The number of aryl methyl sites for hydroxylation is 1. The highest BCUT2D eigenvalue weighted by molar-refractivity contribution is 5.77. The van der Waals surface area contributed by atoms with Crippen LogP contribution in [0.15, 0.2) is 60.8 Å². The van der Waals surface area contributed by atoms with Crippen LogP contribution in [0.4, 0.5) is 0 Å². The van der Waals surface area contributed by atoms with Gasteiger partial charge in [-0.25, -0.2) is 4.98 Å². The summed E-state index contributed by atoms with van der Waals surface area (Å²) in [6.07, 6.45) is 1.64. The van der Waals surface area contributed by atoms with Crippen LogP contribution in [-0.4, -0.2) is 31.2 Å². The van der Waals surface area contributed by atoms with Crippen LogP contribution in [0.3, 0.4) is 0 Å². The first-order valence-electron chi connectivity index (χ1n) is 9.97. The van der Waals surface area contributed by atoms with Gasteiger partial charge in [-0.3, -0.25) is 4.79 Å². The van der Waals surface area contributed by atoms with Gasteiger partial charge in [0.25, 0.3) is 5.91 Å². The number of rotatable bonds is 10. The van der Waals surface area contributed by atoms with Crippen molar-refractivity contribution in [2.45, 2.75) is 20.4 Å². The second-order valence-corrected chi connectivity index (χ2v) is 6.73. The molecule has 3 rings (SSSR count). The molecule has 31 heavy (non-hydrogen) atoms. The zero-order chi connectivity index (χ0) is 22.1. The van der Waals surface area contributed by atoms with Crippen molar-refractivity contribution in [1.29, 1.82) is 0 Å². The lowest BCUT2D eigenvalue weighted by molar-refractivity contribution is -0.123. The highest BCUT2D eigenvalue weighted by Crippen LogP contribution is 2.27. The van der Waals surface area contributed by atoms with Crippen molar-refractivity contribution in [3.8, 4) is 28.9 Å². The Morgan fingerprint density at radius 1 is 0.968 bits per heavy atom. The normalized spacial score (nSPS) is 10.3. The number of pyridine rings is 1. The molecular weight excluding hydrogens is 396 g/mol. The molecule has 1 amide bonds. The van der Waals surface area contributed by atoms with Gasteiger partial charge in [-0.1, -0.05) is 6.07 Å². The monoisotopic (exact) mass is 422 g/mol. The first kappa shape index (κ1) is 22.0. The standard InChI is InChI=1S/C24H26N2O5/c1-4-29-19-6-8-20(9-7-19)31-24-14-18(11-12-25-24)15-26-23(27)16-30-21-10-5-17(2)13-22(21)28-3/h5-14H,4,15-16H2,1-3H3,(H,26,27). The van der Waals surface area contributed by atoms with E-state index in [-0.39, 0.29) is 12.5 Å². The van der Waals surface area contributed by atoms with Crippen LogP contribution >= 0.6 is 0 Å². The molecule has 3 aromatic rings. The molecule has 0 atom stereocenters. The number of hydrogen-bond acceptors (Lipinski definition) is 6. The van der Waals surface area contributed by atoms with Crippen molar-refractivity contribution < 1.29 is 23.7 Å². The highest BCUT2D eigenvalue weighted by Gasteiger charge is 2.08. The van der Waals surface area contributed by atoms with Crippen LogP contribution in [0.1, 0.15) is 18.1 Å². The molecule has 0 aliphatic heterocycles. The van der Waals surface area contributed by atoms with E-state index in [1.165, 1.54) is 0 Å². The van der Waals surface area contributed by atoms with Crippen molar-refractivity contribution in [1.82, 2.24) is 10.3 Å². The van der Waals surface area contributed by atoms with Crippen LogP contribution in [0.5, 0.6) is 28.9 Å². The number of nitrogens with one attached hydrogen (secondary N) is 1. The lowest BCUT2D eigenvalue weighted by Gasteiger charge is -2.12. The number of amides is 1.